The van der Waals surface area contributed by atoms with E-state index < -0.39 is 0 Å². The number of nitrogens with zero attached hydrogens (tertiary/aromatic N) is 8. The van der Waals surface area contributed by atoms with Crippen LogP contribution in [0.15, 0.2) is 315 Å². The molecular weight excluding hydrogens is 1250 g/mol. The van der Waals surface area contributed by atoms with Crippen molar-refractivity contribution in [2.75, 3.05) is 0 Å². The van der Waals surface area contributed by atoms with Gasteiger partial charge in [-0.3, -0.25) is 0 Å². The first kappa shape index (κ1) is 63.7. The molecule has 100 heavy (non-hydrogen) atoms. The lowest BCUT2D eigenvalue weighted by Gasteiger charge is -2.32. The Balaban J connectivity index is 0.000000128. The lowest BCUT2D eigenvalue weighted by molar-refractivity contribution is 0.00578. The van der Waals surface area contributed by atoms with E-state index in [1.165, 1.54) is 43.6 Å². The lowest BCUT2D eigenvalue weighted by Crippen LogP contribution is -2.41. The van der Waals surface area contributed by atoms with Gasteiger partial charge in [0.1, 0.15) is 0 Å². The van der Waals surface area contributed by atoms with Crippen LogP contribution in [0, 0.1) is 17.9 Å². The van der Waals surface area contributed by atoms with E-state index in [1.54, 1.807) is 0 Å². The molecule has 478 valence electrons. The van der Waals surface area contributed by atoms with Gasteiger partial charge >= 0.3 is 7.12 Å². The van der Waals surface area contributed by atoms with E-state index >= 15 is 0 Å². The summed E-state index contributed by atoms with van der Waals surface area (Å²) in [6.07, 6.45) is 0. The molecule has 17 rings (SSSR count). The second-order valence-electron chi connectivity index (χ2n) is 25.6. The maximum Gasteiger partial charge on any atom is 0.494 e. The summed E-state index contributed by atoms with van der Waals surface area (Å²) in [6, 6.07) is 109. The number of hydrogen-bond donors (Lipinski definition) is 0. The average Bonchev–Trinajstić information content (AvgIpc) is 1.62. The number of fused-ring (bicyclic) bond motifs is 6. The molecule has 0 amide bonds. The molecule has 0 spiro atoms. The molecule has 1 saturated heterocycles. The largest absolute Gasteiger partial charge is 0.494 e. The third-order valence-corrected chi connectivity index (χ3v) is 19.0. The highest BCUT2D eigenvalue weighted by Crippen LogP contribution is 2.39. The first-order chi connectivity index (χ1) is 48.8. The third kappa shape index (κ3) is 12.8. The summed E-state index contributed by atoms with van der Waals surface area (Å²) in [7, 11) is -0.336. The molecule has 10 nitrogen and oxygen atoms in total. The van der Waals surface area contributed by atoms with Crippen molar-refractivity contribution in [3.05, 3.63) is 338 Å². The Kier molecular flexibility index (Phi) is 17.4. The van der Waals surface area contributed by atoms with Crippen molar-refractivity contribution in [3.8, 4) is 96.1 Å². The van der Waals surface area contributed by atoms with E-state index in [1.807, 2.05) is 127 Å². The minimum atomic E-state index is -0.336. The summed E-state index contributed by atoms with van der Waals surface area (Å²) in [6.45, 7) is 15.4. The Morgan fingerprint density at radius 1 is 0.370 bits per heavy atom. The van der Waals surface area contributed by atoms with Crippen LogP contribution in [0.4, 0.5) is 5.69 Å². The number of halogens is 1. The quantitative estimate of drug-likeness (QED) is 0.0762. The van der Waals surface area contributed by atoms with Crippen molar-refractivity contribution < 1.29 is 9.31 Å². The molecule has 0 aliphatic carbocycles. The van der Waals surface area contributed by atoms with Gasteiger partial charge in [0.15, 0.2) is 11.5 Å². The van der Waals surface area contributed by atoms with Crippen molar-refractivity contribution in [2.45, 2.75) is 38.9 Å². The van der Waals surface area contributed by atoms with Gasteiger partial charge < -0.3 is 18.4 Å². The van der Waals surface area contributed by atoms with Crippen LogP contribution in [0.3, 0.4) is 0 Å². The number of aromatic nitrogens is 6. The van der Waals surface area contributed by atoms with Crippen molar-refractivity contribution in [1.29, 1.82) is 5.26 Å². The monoisotopic (exact) mass is 1310 g/mol. The zero-order valence-electron chi connectivity index (χ0n) is 55.4. The molecule has 0 unspecified atom stereocenters. The summed E-state index contributed by atoms with van der Waals surface area (Å²) < 4.78 is 17.0. The van der Waals surface area contributed by atoms with E-state index in [9.17, 15) is 0 Å². The molecule has 16 aromatic rings. The van der Waals surface area contributed by atoms with E-state index in [4.69, 9.17) is 42.7 Å². The third-order valence-electron chi connectivity index (χ3n) is 18.8. The lowest BCUT2D eigenvalue weighted by atomic mass is 9.79. The normalized spacial score (nSPS) is 12.9. The maximum atomic E-state index is 9.14. The first-order valence-corrected chi connectivity index (χ1v) is 33.5. The molecule has 12 heteroatoms. The fourth-order valence-corrected chi connectivity index (χ4v) is 13.0. The van der Waals surface area contributed by atoms with Gasteiger partial charge in [-0.2, -0.15) is 5.26 Å². The van der Waals surface area contributed by atoms with Gasteiger partial charge in [-0.05, 0) is 152 Å². The van der Waals surface area contributed by atoms with Crippen LogP contribution >= 0.6 is 11.6 Å². The Labute approximate surface area is 586 Å². The highest BCUT2D eigenvalue weighted by Gasteiger charge is 2.51. The van der Waals surface area contributed by atoms with Crippen LogP contribution in [0.2, 0.25) is 5.28 Å². The second kappa shape index (κ2) is 27.3. The van der Waals surface area contributed by atoms with Crippen LogP contribution in [0.5, 0.6) is 0 Å². The molecule has 1 fully saturated rings. The molecule has 0 atom stereocenters. The van der Waals surface area contributed by atoms with E-state index in [0.717, 1.165) is 89.7 Å². The SMILES string of the molecule is CC1(C)OB(c2ccc(-n3c4ccccc4c4ccccc43)cc2)OC1(C)C.N#Cc1ccc(-c2ccc(-c3cc(-c4ccccc4)nc(-c4ccc(-n5c6ccccc6c6ccccc65)cc4)n3)cc2)cc1.[C-]#[N+]c1ccc(-c2ccc(-c3cc(-c4ccccc4)nc(Cl)n3)cc2)cc1. The Morgan fingerprint density at radius 3 is 1.06 bits per heavy atom. The molecule has 0 bridgehead atoms. The van der Waals surface area contributed by atoms with Gasteiger partial charge in [0.2, 0.25) is 5.28 Å². The van der Waals surface area contributed by atoms with Crippen LogP contribution in [-0.4, -0.2) is 47.4 Å². The summed E-state index contributed by atoms with van der Waals surface area (Å²) in [4.78, 5) is 22.2. The second-order valence-corrected chi connectivity index (χ2v) is 25.9. The minimum absolute atomic E-state index is 0.227. The van der Waals surface area contributed by atoms with E-state index in [0.29, 0.717) is 17.1 Å². The summed E-state index contributed by atoms with van der Waals surface area (Å²) in [5.41, 5.74) is 21.3. The molecule has 0 saturated carbocycles. The van der Waals surface area contributed by atoms with Gasteiger partial charge in [0, 0.05) is 60.7 Å². The van der Waals surface area contributed by atoms with Crippen LogP contribution < -0.4 is 5.46 Å². The highest BCUT2D eigenvalue weighted by atomic mass is 35.5. The summed E-state index contributed by atoms with van der Waals surface area (Å²) in [5, 5.41) is 14.4. The molecule has 12 aromatic carbocycles. The zero-order chi connectivity index (χ0) is 68.3. The van der Waals surface area contributed by atoms with Crippen molar-refractivity contribution >= 4 is 73.5 Å². The predicted molar refractivity (Wildman–Crippen MR) is 409 cm³/mol. The van der Waals surface area contributed by atoms with Gasteiger partial charge in [-0.25, -0.2) is 24.8 Å². The molecule has 5 heterocycles. The van der Waals surface area contributed by atoms with Gasteiger partial charge in [-0.1, -0.05) is 231 Å². The predicted octanol–water partition coefficient (Wildman–Crippen LogP) is 21.9. The molecule has 0 radical (unpaired) electrons. The van der Waals surface area contributed by atoms with Gasteiger partial charge in [0.05, 0.1) is 74.2 Å². The van der Waals surface area contributed by atoms with Crippen LogP contribution in [-0.2, 0) is 9.31 Å². The van der Waals surface area contributed by atoms with Crippen molar-refractivity contribution in [1.82, 2.24) is 29.1 Å². The topological polar surface area (TPSA) is 108 Å². The standard InChI is InChI=1S/C41H26N4.C24H24BNO2.C23H14ClN3/c42-27-28-14-16-29(17-15-28)30-18-20-32(21-19-30)38-26-37(31-8-2-1-3-9-31)43-41(44-38)33-22-24-34(25-23-33)45-39-12-6-4-10-35(39)36-11-5-7-13-40(36)45;1-23(2)24(3,4)28-25(27-23)17-13-15-18(16-14-17)26-21-11-7-5-9-19(21)20-10-6-8-12-22(20)26;1-25-20-13-11-17(12-14-20)16-7-9-19(10-8-16)22-15-21(26-23(24)27-22)18-5-3-2-4-6-18/h1-26H;5-16H,1-4H3;2-15H. The van der Waals surface area contributed by atoms with Crippen molar-refractivity contribution in [2.24, 2.45) is 0 Å². The highest BCUT2D eigenvalue weighted by molar-refractivity contribution is 6.62. The molecule has 1 aliphatic rings. The van der Waals surface area contributed by atoms with Crippen LogP contribution in [0.25, 0.3) is 139 Å². The fraction of sp³-hybridized carbons (Fsp3) is 0.0682. The Bertz CT molecular complexity index is 5610. The fourth-order valence-electron chi connectivity index (χ4n) is 12.9. The molecule has 1 aliphatic heterocycles. The molecule has 4 aromatic heterocycles. The first-order valence-electron chi connectivity index (χ1n) is 33.1. The number of hydrogen-bond acceptors (Lipinski definition) is 7. The molecular formula is C88H64BClN8O2. The number of para-hydroxylation sites is 4. The minimum Gasteiger partial charge on any atom is -0.399 e. The van der Waals surface area contributed by atoms with Crippen molar-refractivity contribution in [3.63, 3.8) is 0 Å². The summed E-state index contributed by atoms with van der Waals surface area (Å²) >= 11 is 6.16. The Hall–Kier alpha value is -12.3. The number of rotatable bonds is 10. The van der Waals surface area contributed by atoms with Gasteiger partial charge in [-0.15, -0.1) is 0 Å². The maximum absolute atomic E-state index is 9.14. The van der Waals surface area contributed by atoms with Gasteiger partial charge in [0.25, 0.3) is 0 Å². The van der Waals surface area contributed by atoms with E-state index in [2.05, 4.69) is 246 Å². The van der Waals surface area contributed by atoms with E-state index in [-0.39, 0.29) is 23.6 Å². The smallest absolute Gasteiger partial charge is 0.399 e. The number of benzene rings is 12. The number of nitriles is 1. The zero-order valence-corrected chi connectivity index (χ0v) is 56.1. The molecule has 0 N–H and O–H groups in total. The van der Waals surface area contributed by atoms with Crippen LogP contribution in [0.1, 0.15) is 33.3 Å². The average molecular weight is 1310 g/mol. The Morgan fingerprint density at radius 2 is 0.680 bits per heavy atom. The summed E-state index contributed by atoms with van der Waals surface area (Å²) in [5.74, 6) is 0.677.